The molecule has 0 aliphatic carbocycles. The highest BCUT2D eigenvalue weighted by Crippen LogP contribution is 2.02. The minimum atomic E-state index is -1.18. The van der Waals surface area contributed by atoms with Crippen LogP contribution in [0, 0.1) is 0 Å². The average Bonchev–Trinajstić information content (AvgIpc) is 2.28. The fourth-order valence-corrected chi connectivity index (χ4v) is 1.51. The summed E-state index contributed by atoms with van der Waals surface area (Å²) in [5.41, 5.74) is 0. The number of carbonyl (C=O) groups is 2. The van der Waals surface area contributed by atoms with Gasteiger partial charge >= 0.3 is 12.0 Å². The highest BCUT2D eigenvalue weighted by molar-refractivity contribution is 7.84. The van der Waals surface area contributed by atoms with E-state index in [0.717, 1.165) is 0 Å². The predicted octanol–water partition coefficient (Wildman–Crippen LogP) is -0.546. The molecule has 8 heteroatoms. The van der Waals surface area contributed by atoms with E-state index >= 15 is 0 Å². The van der Waals surface area contributed by atoms with Gasteiger partial charge < -0.3 is 25.7 Å². The van der Waals surface area contributed by atoms with Gasteiger partial charge in [0, 0.05) is 38.2 Å². The zero-order valence-electron chi connectivity index (χ0n) is 10.4. The number of aliphatic hydroxyl groups excluding tert-OH is 1. The van der Waals surface area contributed by atoms with Crippen molar-refractivity contribution >= 4 is 24.6 Å². The molecule has 1 atom stereocenters. The fourth-order valence-electron chi connectivity index (χ4n) is 1.17. The molecule has 0 aromatic carbocycles. The normalized spacial score (nSPS) is 12.8. The van der Waals surface area contributed by atoms with Crippen LogP contribution in [0.25, 0.3) is 0 Å². The predicted molar refractivity (Wildman–Crippen MR) is 70.4 cm³/mol. The number of carbonyl (C=O) groups excluding carboxylic acids is 1. The van der Waals surface area contributed by atoms with Crippen molar-refractivity contribution in [3.8, 4) is 0 Å². The largest absolute Gasteiger partial charge is 0.480 e. The molecule has 0 fully saturated rings. The van der Waals surface area contributed by atoms with Crippen LogP contribution in [0.1, 0.15) is 6.42 Å². The zero-order valence-corrected chi connectivity index (χ0v) is 11.3. The first-order chi connectivity index (χ1) is 8.42. The van der Waals surface area contributed by atoms with Gasteiger partial charge in [0.1, 0.15) is 6.04 Å². The number of carboxylic acid groups (broad SMARTS) is 1. The Labute approximate surface area is 111 Å². The quantitative estimate of drug-likeness (QED) is 0.402. The minimum Gasteiger partial charge on any atom is -0.480 e. The smallest absolute Gasteiger partial charge is 0.326 e. The Hall–Kier alpha value is -1.41. The van der Waals surface area contributed by atoms with Gasteiger partial charge in [-0.3, -0.25) is 0 Å². The number of thiol groups is 1. The summed E-state index contributed by atoms with van der Waals surface area (Å²) in [6, 6.07) is -1.63. The van der Waals surface area contributed by atoms with E-state index in [0.29, 0.717) is 4.91 Å². The minimum absolute atomic E-state index is 0.0327. The molecule has 104 valence electrons. The summed E-state index contributed by atoms with van der Waals surface area (Å²) < 4.78 is 0. The van der Waals surface area contributed by atoms with Gasteiger partial charge in [-0.1, -0.05) is 0 Å². The van der Waals surface area contributed by atoms with Crippen LogP contribution in [0.15, 0.2) is 11.1 Å². The Morgan fingerprint density at radius 3 is 2.56 bits per heavy atom. The maximum atomic E-state index is 11.7. The van der Waals surface area contributed by atoms with Crippen LogP contribution < -0.4 is 10.6 Å². The summed E-state index contributed by atoms with van der Waals surface area (Å²) in [4.78, 5) is 24.4. The third-order valence-electron chi connectivity index (χ3n) is 2.07. The second-order valence-electron chi connectivity index (χ2n) is 3.63. The van der Waals surface area contributed by atoms with E-state index in [-0.39, 0.29) is 19.6 Å². The molecule has 18 heavy (non-hydrogen) atoms. The van der Waals surface area contributed by atoms with Gasteiger partial charge in [-0.15, -0.1) is 12.6 Å². The van der Waals surface area contributed by atoms with Gasteiger partial charge in [0.2, 0.25) is 0 Å². The topological polar surface area (TPSA) is 102 Å². The maximum absolute atomic E-state index is 11.7. The van der Waals surface area contributed by atoms with Crippen LogP contribution in [0.3, 0.4) is 0 Å². The number of urea groups is 1. The monoisotopic (exact) mass is 277 g/mol. The van der Waals surface area contributed by atoms with Crippen molar-refractivity contribution in [2.24, 2.45) is 0 Å². The van der Waals surface area contributed by atoms with Gasteiger partial charge in [0.05, 0.1) is 6.54 Å². The van der Waals surface area contributed by atoms with Crippen molar-refractivity contribution in [1.82, 2.24) is 15.5 Å². The molecule has 4 N–H and O–H groups in total. The molecule has 0 bridgehead atoms. The zero-order chi connectivity index (χ0) is 14.1. The van der Waals surface area contributed by atoms with E-state index in [9.17, 15) is 9.59 Å². The lowest BCUT2D eigenvalue weighted by Gasteiger charge is -2.21. The molecular weight excluding hydrogens is 258 g/mol. The summed E-state index contributed by atoms with van der Waals surface area (Å²) >= 11 is 4.14. The van der Waals surface area contributed by atoms with Crippen molar-refractivity contribution in [1.29, 1.82) is 0 Å². The molecule has 0 saturated heterocycles. The van der Waals surface area contributed by atoms with E-state index in [4.69, 9.17) is 10.2 Å². The van der Waals surface area contributed by atoms with Crippen LogP contribution >= 0.6 is 12.6 Å². The first-order valence-electron chi connectivity index (χ1n) is 5.33. The van der Waals surface area contributed by atoms with Crippen molar-refractivity contribution in [3.63, 3.8) is 0 Å². The molecule has 0 aromatic heterocycles. The molecule has 0 aliphatic heterocycles. The lowest BCUT2D eigenvalue weighted by atomic mass is 10.2. The molecule has 0 radical (unpaired) electrons. The van der Waals surface area contributed by atoms with Gasteiger partial charge in [0.25, 0.3) is 0 Å². The number of nitrogens with one attached hydrogen (secondary N) is 2. The number of rotatable bonds is 7. The third-order valence-corrected chi connectivity index (χ3v) is 2.34. The lowest BCUT2D eigenvalue weighted by Crippen LogP contribution is -2.47. The second kappa shape index (κ2) is 8.65. The van der Waals surface area contributed by atoms with Gasteiger partial charge in [0.15, 0.2) is 0 Å². The Balaban J connectivity index is 4.37. The van der Waals surface area contributed by atoms with Crippen molar-refractivity contribution in [3.05, 3.63) is 11.1 Å². The number of aliphatic carboxylic acids is 1. The van der Waals surface area contributed by atoms with Crippen molar-refractivity contribution in [2.45, 2.75) is 12.5 Å². The van der Waals surface area contributed by atoms with Crippen LogP contribution in [0.4, 0.5) is 4.79 Å². The first kappa shape index (κ1) is 16.6. The Kier molecular flexibility index (Phi) is 7.97. The van der Waals surface area contributed by atoms with Crippen LogP contribution in [-0.4, -0.2) is 60.4 Å². The van der Waals surface area contributed by atoms with E-state index in [2.05, 4.69) is 23.3 Å². The molecular formula is C10H19N3O4S. The van der Waals surface area contributed by atoms with Gasteiger partial charge in [-0.2, -0.15) is 0 Å². The maximum Gasteiger partial charge on any atom is 0.326 e. The fraction of sp³-hybridized carbons (Fsp3) is 0.600. The SMILES string of the molecule is CN/C=C(\S)CN(C)C(=O)N[C@@H](CCO)C(=O)O. The number of hydrogen-bond donors (Lipinski definition) is 5. The molecule has 0 saturated carbocycles. The Morgan fingerprint density at radius 2 is 2.11 bits per heavy atom. The first-order valence-corrected chi connectivity index (χ1v) is 5.77. The summed E-state index contributed by atoms with van der Waals surface area (Å²) in [5.74, 6) is -1.18. The summed E-state index contributed by atoms with van der Waals surface area (Å²) in [7, 11) is 3.23. The third kappa shape index (κ3) is 6.36. The summed E-state index contributed by atoms with van der Waals surface area (Å²) in [5, 5.41) is 22.6. The number of likely N-dealkylation sites (N-methyl/N-ethyl adjacent to an activating group) is 1. The average molecular weight is 277 g/mol. The number of aliphatic hydroxyl groups is 1. The van der Waals surface area contributed by atoms with E-state index in [1.54, 1.807) is 13.2 Å². The van der Waals surface area contributed by atoms with Crippen LogP contribution in [0.5, 0.6) is 0 Å². The Bertz CT molecular complexity index is 322. The number of carboxylic acids is 1. The summed E-state index contributed by atoms with van der Waals surface area (Å²) in [6.45, 7) is -0.0559. The van der Waals surface area contributed by atoms with Gasteiger partial charge in [-0.05, 0) is 0 Å². The van der Waals surface area contributed by atoms with E-state index in [1.165, 1.54) is 11.9 Å². The molecule has 0 aromatic rings. The molecule has 7 nitrogen and oxygen atoms in total. The van der Waals surface area contributed by atoms with Crippen LogP contribution in [0.2, 0.25) is 0 Å². The standard InChI is InChI=1S/C10H19N3O4S/c1-11-5-7(18)6-13(2)10(17)12-8(3-4-14)9(15)16/h5,8,11,14,18H,3-4,6H2,1-2H3,(H,12,17)(H,15,16)/b7-5-/t8-/m0/s1. The van der Waals surface area contributed by atoms with Crippen molar-refractivity contribution < 1.29 is 19.8 Å². The molecule has 0 heterocycles. The van der Waals surface area contributed by atoms with E-state index in [1.807, 2.05) is 0 Å². The Morgan fingerprint density at radius 1 is 1.50 bits per heavy atom. The second-order valence-corrected chi connectivity index (χ2v) is 4.21. The molecule has 0 rings (SSSR count). The molecule has 0 spiro atoms. The van der Waals surface area contributed by atoms with Crippen molar-refractivity contribution in [2.75, 3.05) is 27.2 Å². The molecule has 2 amide bonds. The summed E-state index contributed by atoms with van der Waals surface area (Å²) in [6.07, 6.45) is 1.59. The van der Waals surface area contributed by atoms with Crippen LogP contribution in [-0.2, 0) is 4.79 Å². The highest BCUT2D eigenvalue weighted by Gasteiger charge is 2.21. The highest BCUT2D eigenvalue weighted by atomic mass is 32.1. The van der Waals surface area contributed by atoms with Gasteiger partial charge in [-0.25, -0.2) is 9.59 Å². The molecule has 0 aliphatic rings. The van der Waals surface area contributed by atoms with E-state index < -0.39 is 18.0 Å². The number of nitrogens with zero attached hydrogens (tertiary/aromatic N) is 1. The lowest BCUT2D eigenvalue weighted by molar-refractivity contribution is -0.139. The number of hydrogen-bond acceptors (Lipinski definition) is 5. The molecule has 0 unspecified atom stereocenters. The number of amides is 2.